The summed E-state index contributed by atoms with van der Waals surface area (Å²) < 4.78 is 1.41. The Bertz CT molecular complexity index is 319. The summed E-state index contributed by atoms with van der Waals surface area (Å²) in [6.45, 7) is 4.13. The van der Waals surface area contributed by atoms with Crippen LogP contribution in [0.5, 0.6) is 0 Å². The fourth-order valence-electron chi connectivity index (χ4n) is 0.928. The second-order valence-electron chi connectivity index (χ2n) is 3.38. The lowest BCUT2D eigenvalue weighted by atomic mass is 10.1. The van der Waals surface area contributed by atoms with Crippen LogP contribution in [0.4, 0.5) is 0 Å². The molecule has 0 saturated carbocycles. The quantitative estimate of drug-likeness (QED) is 0.729. The van der Waals surface area contributed by atoms with Crippen molar-refractivity contribution in [1.82, 2.24) is 9.55 Å². The zero-order valence-electron chi connectivity index (χ0n) is 7.84. The molecular formula is C9H14N2O2. The minimum atomic E-state index is -0.498. The third-order valence-corrected chi connectivity index (χ3v) is 1.95. The van der Waals surface area contributed by atoms with Gasteiger partial charge in [-0.3, -0.25) is 9.36 Å². The van der Waals surface area contributed by atoms with Crippen LogP contribution in [0.3, 0.4) is 0 Å². The molecule has 4 nitrogen and oxygen atoms in total. The molecule has 0 saturated heterocycles. The summed E-state index contributed by atoms with van der Waals surface area (Å²) in [5.74, 6) is 0.145. The van der Waals surface area contributed by atoms with Gasteiger partial charge in [0.2, 0.25) is 0 Å². The maximum Gasteiger partial charge on any atom is 0.253 e. The molecule has 0 amide bonds. The van der Waals surface area contributed by atoms with Crippen molar-refractivity contribution >= 4 is 0 Å². The van der Waals surface area contributed by atoms with Gasteiger partial charge in [-0.1, -0.05) is 13.8 Å². The summed E-state index contributed by atoms with van der Waals surface area (Å²) in [7, 11) is 0. The normalized spacial score (nSPS) is 13.2. The summed E-state index contributed by atoms with van der Waals surface area (Å²) in [5.41, 5.74) is -0.130. The molecule has 1 aromatic heterocycles. The number of nitrogens with zero attached hydrogens (tertiary/aromatic N) is 2. The smallest absolute Gasteiger partial charge is 0.253 e. The van der Waals surface area contributed by atoms with Crippen molar-refractivity contribution in [3.8, 4) is 0 Å². The standard InChI is InChI=1S/C9H14N2O2/c1-7(2)8(12)5-11-6-10-4-3-9(11)13/h3-4,6-8,12H,5H2,1-2H3. The zero-order valence-corrected chi connectivity index (χ0v) is 7.84. The first-order chi connectivity index (χ1) is 6.11. The topological polar surface area (TPSA) is 55.1 Å². The van der Waals surface area contributed by atoms with Gasteiger partial charge in [0.1, 0.15) is 0 Å². The molecule has 72 valence electrons. The predicted octanol–water partition coefficient (Wildman–Crippen LogP) is 0.260. The van der Waals surface area contributed by atoms with Crippen LogP contribution < -0.4 is 5.56 Å². The van der Waals surface area contributed by atoms with Crippen LogP contribution >= 0.6 is 0 Å². The molecule has 13 heavy (non-hydrogen) atoms. The van der Waals surface area contributed by atoms with E-state index in [1.807, 2.05) is 13.8 Å². The highest BCUT2D eigenvalue weighted by atomic mass is 16.3. The van der Waals surface area contributed by atoms with Crippen molar-refractivity contribution in [2.75, 3.05) is 0 Å². The molecule has 0 aromatic carbocycles. The van der Waals surface area contributed by atoms with Crippen molar-refractivity contribution in [1.29, 1.82) is 0 Å². The van der Waals surface area contributed by atoms with Crippen LogP contribution in [0.25, 0.3) is 0 Å². The van der Waals surface area contributed by atoms with E-state index < -0.39 is 6.10 Å². The van der Waals surface area contributed by atoms with Gasteiger partial charge in [-0.15, -0.1) is 0 Å². The first-order valence-electron chi connectivity index (χ1n) is 4.30. The van der Waals surface area contributed by atoms with Crippen molar-refractivity contribution < 1.29 is 5.11 Å². The molecule has 0 aliphatic heterocycles. The zero-order chi connectivity index (χ0) is 9.84. The van der Waals surface area contributed by atoms with E-state index in [2.05, 4.69) is 4.98 Å². The van der Waals surface area contributed by atoms with Gasteiger partial charge in [-0.2, -0.15) is 0 Å². The van der Waals surface area contributed by atoms with Crippen molar-refractivity contribution in [3.05, 3.63) is 28.9 Å². The summed E-state index contributed by atoms with van der Waals surface area (Å²) in [5, 5.41) is 9.52. The third-order valence-electron chi connectivity index (χ3n) is 1.95. The van der Waals surface area contributed by atoms with Gasteiger partial charge in [0, 0.05) is 12.3 Å². The van der Waals surface area contributed by atoms with Gasteiger partial charge < -0.3 is 5.11 Å². The van der Waals surface area contributed by atoms with E-state index in [9.17, 15) is 9.90 Å². The first kappa shape index (κ1) is 9.92. The van der Waals surface area contributed by atoms with E-state index >= 15 is 0 Å². The van der Waals surface area contributed by atoms with Crippen LogP contribution in [-0.4, -0.2) is 20.8 Å². The molecule has 0 bridgehead atoms. The highest BCUT2D eigenvalue weighted by molar-refractivity contribution is 4.82. The largest absolute Gasteiger partial charge is 0.391 e. The summed E-state index contributed by atoms with van der Waals surface area (Å²) in [4.78, 5) is 15.0. The van der Waals surface area contributed by atoms with Crippen LogP contribution in [0.15, 0.2) is 23.4 Å². The lowest BCUT2D eigenvalue weighted by Gasteiger charge is -2.14. The van der Waals surface area contributed by atoms with Crippen LogP contribution in [-0.2, 0) is 6.54 Å². The number of aliphatic hydroxyl groups excluding tert-OH is 1. The number of rotatable bonds is 3. The van der Waals surface area contributed by atoms with Crippen molar-refractivity contribution in [2.45, 2.75) is 26.5 Å². The van der Waals surface area contributed by atoms with Crippen molar-refractivity contribution in [3.63, 3.8) is 0 Å². The minimum Gasteiger partial charge on any atom is -0.391 e. The Kier molecular flexibility index (Phi) is 3.19. The molecule has 1 heterocycles. The van der Waals surface area contributed by atoms with Gasteiger partial charge in [0.15, 0.2) is 0 Å². The Morgan fingerprint density at radius 2 is 2.31 bits per heavy atom. The lowest BCUT2D eigenvalue weighted by Crippen LogP contribution is -2.28. The van der Waals surface area contributed by atoms with Crippen LogP contribution in [0.1, 0.15) is 13.8 Å². The highest BCUT2D eigenvalue weighted by Gasteiger charge is 2.09. The second-order valence-corrected chi connectivity index (χ2v) is 3.38. The number of hydrogen-bond acceptors (Lipinski definition) is 3. The van der Waals surface area contributed by atoms with Gasteiger partial charge in [0.25, 0.3) is 5.56 Å². The van der Waals surface area contributed by atoms with E-state index in [1.165, 1.54) is 23.2 Å². The molecule has 0 fully saturated rings. The van der Waals surface area contributed by atoms with Crippen LogP contribution in [0, 0.1) is 5.92 Å². The minimum absolute atomic E-state index is 0.130. The molecule has 0 radical (unpaired) electrons. The number of aromatic nitrogens is 2. The molecule has 1 unspecified atom stereocenters. The fraction of sp³-hybridized carbons (Fsp3) is 0.556. The lowest BCUT2D eigenvalue weighted by molar-refractivity contribution is 0.105. The van der Waals surface area contributed by atoms with Gasteiger partial charge in [0.05, 0.1) is 19.0 Å². The molecular weight excluding hydrogens is 168 g/mol. The van der Waals surface area contributed by atoms with Gasteiger partial charge >= 0.3 is 0 Å². The maximum atomic E-state index is 11.2. The van der Waals surface area contributed by atoms with Crippen LogP contribution in [0.2, 0.25) is 0 Å². The highest BCUT2D eigenvalue weighted by Crippen LogP contribution is 2.01. The number of hydrogen-bond donors (Lipinski definition) is 1. The molecule has 1 rings (SSSR count). The van der Waals surface area contributed by atoms with E-state index in [-0.39, 0.29) is 11.5 Å². The monoisotopic (exact) mass is 182 g/mol. The summed E-state index contributed by atoms with van der Waals surface area (Å²) >= 11 is 0. The molecule has 0 aliphatic carbocycles. The van der Waals surface area contributed by atoms with E-state index in [4.69, 9.17) is 0 Å². The van der Waals surface area contributed by atoms with Gasteiger partial charge in [-0.05, 0) is 5.92 Å². The first-order valence-corrected chi connectivity index (χ1v) is 4.30. The maximum absolute atomic E-state index is 11.2. The Morgan fingerprint density at radius 3 is 2.85 bits per heavy atom. The molecule has 1 atom stereocenters. The van der Waals surface area contributed by atoms with Gasteiger partial charge in [-0.25, -0.2) is 4.98 Å². The Morgan fingerprint density at radius 1 is 1.62 bits per heavy atom. The number of aliphatic hydroxyl groups is 1. The molecule has 0 aliphatic rings. The Hall–Kier alpha value is -1.16. The molecule has 0 spiro atoms. The third kappa shape index (κ3) is 2.66. The van der Waals surface area contributed by atoms with E-state index in [0.29, 0.717) is 6.54 Å². The molecule has 1 aromatic rings. The molecule has 4 heteroatoms. The Balaban J connectivity index is 2.75. The SMILES string of the molecule is CC(C)C(O)Cn1cnccc1=O. The molecule has 1 N–H and O–H groups in total. The average Bonchev–Trinajstić information content (AvgIpc) is 2.08. The van der Waals surface area contributed by atoms with Crippen molar-refractivity contribution in [2.24, 2.45) is 5.92 Å². The average molecular weight is 182 g/mol. The van der Waals surface area contributed by atoms with E-state index in [0.717, 1.165) is 0 Å². The fourth-order valence-corrected chi connectivity index (χ4v) is 0.928. The summed E-state index contributed by atoms with van der Waals surface area (Å²) in [6, 6.07) is 1.38. The predicted molar refractivity (Wildman–Crippen MR) is 49.3 cm³/mol. The summed E-state index contributed by atoms with van der Waals surface area (Å²) in [6.07, 6.45) is 2.39. The second kappa shape index (κ2) is 4.18. The Labute approximate surface area is 76.9 Å². The van der Waals surface area contributed by atoms with E-state index in [1.54, 1.807) is 0 Å².